The number of fused-ring (bicyclic) bond motifs is 1. The van der Waals surface area contributed by atoms with Crippen molar-refractivity contribution in [1.82, 2.24) is 19.5 Å². The fourth-order valence-corrected chi connectivity index (χ4v) is 3.97. The SMILES string of the molecule is COc1ccc(-c2cnn3c(C4CCN(C(=O)OC(C)(C)C)CC4)cc(=O)[nH]c23)cc1. The van der Waals surface area contributed by atoms with Crippen molar-refractivity contribution in [3.63, 3.8) is 0 Å². The zero-order valence-electron chi connectivity index (χ0n) is 18.3. The van der Waals surface area contributed by atoms with Gasteiger partial charge in [0.05, 0.1) is 19.0 Å². The Balaban J connectivity index is 1.59. The van der Waals surface area contributed by atoms with Gasteiger partial charge in [-0.1, -0.05) is 12.1 Å². The Morgan fingerprint density at radius 2 is 1.84 bits per heavy atom. The normalized spacial score (nSPS) is 15.3. The van der Waals surface area contributed by atoms with Crippen molar-refractivity contribution in [2.75, 3.05) is 20.2 Å². The van der Waals surface area contributed by atoms with Crippen molar-refractivity contribution >= 4 is 11.7 Å². The van der Waals surface area contributed by atoms with E-state index in [-0.39, 0.29) is 17.6 Å². The summed E-state index contributed by atoms with van der Waals surface area (Å²) in [4.78, 5) is 29.5. The molecule has 1 aliphatic rings. The van der Waals surface area contributed by atoms with Crippen LogP contribution in [0.2, 0.25) is 0 Å². The first kappa shape index (κ1) is 21.0. The molecule has 1 N–H and O–H groups in total. The van der Waals surface area contributed by atoms with Gasteiger partial charge in [0.15, 0.2) is 0 Å². The number of piperidine rings is 1. The molecule has 1 saturated heterocycles. The lowest BCUT2D eigenvalue weighted by atomic mass is 9.93. The third kappa shape index (κ3) is 4.42. The quantitative estimate of drug-likeness (QED) is 0.691. The highest BCUT2D eigenvalue weighted by molar-refractivity contribution is 5.77. The van der Waals surface area contributed by atoms with Crippen LogP contribution in [0.25, 0.3) is 16.8 Å². The first-order valence-corrected chi connectivity index (χ1v) is 10.5. The average Bonchev–Trinajstić information content (AvgIpc) is 3.16. The van der Waals surface area contributed by atoms with Gasteiger partial charge < -0.3 is 19.4 Å². The molecule has 0 atom stereocenters. The second-order valence-electron chi connectivity index (χ2n) is 8.85. The summed E-state index contributed by atoms with van der Waals surface area (Å²) in [6, 6.07) is 9.27. The summed E-state index contributed by atoms with van der Waals surface area (Å²) in [6.45, 7) is 6.76. The van der Waals surface area contributed by atoms with Gasteiger partial charge in [-0.15, -0.1) is 0 Å². The summed E-state index contributed by atoms with van der Waals surface area (Å²) in [5, 5.41) is 4.57. The Morgan fingerprint density at radius 3 is 2.45 bits per heavy atom. The second-order valence-corrected chi connectivity index (χ2v) is 8.85. The van der Waals surface area contributed by atoms with Crippen LogP contribution in [0.4, 0.5) is 4.79 Å². The molecule has 0 saturated carbocycles. The molecule has 0 unspecified atom stereocenters. The topological polar surface area (TPSA) is 88.9 Å². The number of nitrogens with zero attached hydrogens (tertiary/aromatic N) is 3. The maximum absolute atomic E-state index is 12.5. The van der Waals surface area contributed by atoms with E-state index < -0.39 is 5.60 Å². The van der Waals surface area contributed by atoms with Gasteiger partial charge in [-0.25, -0.2) is 9.31 Å². The molecule has 8 heteroatoms. The Hall–Kier alpha value is -3.29. The first-order chi connectivity index (χ1) is 14.7. The number of benzene rings is 1. The maximum atomic E-state index is 12.5. The Labute approximate surface area is 180 Å². The number of hydrogen-bond donors (Lipinski definition) is 1. The number of rotatable bonds is 3. The van der Waals surface area contributed by atoms with Crippen molar-refractivity contribution in [2.45, 2.75) is 45.1 Å². The van der Waals surface area contributed by atoms with E-state index in [0.29, 0.717) is 18.7 Å². The number of carbonyl (C=O) groups excluding carboxylic acids is 1. The van der Waals surface area contributed by atoms with E-state index in [1.807, 2.05) is 49.6 Å². The molecule has 164 valence electrons. The second kappa shape index (κ2) is 8.09. The first-order valence-electron chi connectivity index (χ1n) is 10.5. The molecule has 0 spiro atoms. The zero-order valence-corrected chi connectivity index (χ0v) is 18.3. The largest absolute Gasteiger partial charge is 0.497 e. The van der Waals surface area contributed by atoms with Gasteiger partial charge >= 0.3 is 6.09 Å². The molecule has 1 aromatic carbocycles. The number of aromatic amines is 1. The van der Waals surface area contributed by atoms with Crippen LogP contribution in [0.3, 0.4) is 0 Å². The van der Waals surface area contributed by atoms with E-state index in [1.165, 1.54) is 0 Å². The summed E-state index contributed by atoms with van der Waals surface area (Å²) in [7, 11) is 1.63. The van der Waals surface area contributed by atoms with Gasteiger partial charge in [0, 0.05) is 30.6 Å². The summed E-state index contributed by atoms with van der Waals surface area (Å²) in [6.07, 6.45) is 2.97. The van der Waals surface area contributed by atoms with Gasteiger partial charge in [-0.3, -0.25) is 4.79 Å². The third-order valence-corrected chi connectivity index (χ3v) is 5.50. The highest BCUT2D eigenvalue weighted by Crippen LogP contribution is 2.31. The predicted octanol–water partition coefficient (Wildman–Crippen LogP) is 3.81. The van der Waals surface area contributed by atoms with Crippen LogP contribution in [-0.4, -0.2) is 51.4 Å². The van der Waals surface area contributed by atoms with Crippen molar-refractivity contribution in [3.05, 3.63) is 52.6 Å². The smallest absolute Gasteiger partial charge is 0.410 e. The van der Waals surface area contributed by atoms with Gasteiger partial charge in [0.1, 0.15) is 17.0 Å². The van der Waals surface area contributed by atoms with Crippen molar-refractivity contribution < 1.29 is 14.3 Å². The summed E-state index contributed by atoms with van der Waals surface area (Å²) < 4.78 is 12.5. The van der Waals surface area contributed by atoms with E-state index in [4.69, 9.17) is 9.47 Å². The molecule has 0 aliphatic carbocycles. The summed E-state index contributed by atoms with van der Waals surface area (Å²) in [5.74, 6) is 0.901. The molecule has 3 aromatic rings. The number of nitrogens with one attached hydrogen (secondary N) is 1. The number of likely N-dealkylation sites (tertiary alicyclic amines) is 1. The molecule has 1 aliphatic heterocycles. The molecule has 0 bridgehead atoms. The molecular weight excluding hydrogens is 396 g/mol. The minimum absolute atomic E-state index is 0.132. The van der Waals surface area contributed by atoms with Crippen LogP contribution in [0.1, 0.15) is 45.2 Å². The molecule has 1 amide bonds. The van der Waals surface area contributed by atoms with Crippen LogP contribution >= 0.6 is 0 Å². The fourth-order valence-electron chi connectivity index (χ4n) is 3.97. The Kier molecular flexibility index (Phi) is 5.47. The molecule has 8 nitrogen and oxygen atoms in total. The molecule has 0 radical (unpaired) electrons. The maximum Gasteiger partial charge on any atom is 0.410 e. The van der Waals surface area contributed by atoms with Crippen LogP contribution in [0, 0.1) is 0 Å². The van der Waals surface area contributed by atoms with Gasteiger partial charge in [-0.2, -0.15) is 5.10 Å². The minimum Gasteiger partial charge on any atom is -0.497 e. The molecule has 1 fully saturated rings. The summed E-state index contributed by atoms with van der Waals surface area (Å²) >= 11 is 0. The summed E-state index contributed by atoms with van der Waals surface area (Å²) in [5.41, 5.74) is 2.66. The Bertz CT molecular complexity index is 1130. The lowest BCUT2D eigenvalue weighted by molar-refractivity contribution is 0.0203. The number of hydrogen-bond acceptors (Lipinski definition) is 5. The molecule has 31 heavy (non-hydrogen) atoms. The van der Waals surface area contributed by atoms with Gasteiger partial charge in [0.2, 0.25) is 0 Å². The average molecular weight is 425 g/mol. The predicted molar refractivity (Wildman–Crippen MR) is 118 cm³/mol. The number of aromatic nitrogens is 3. The molecule has 3 heterocycles. The molecular formula is C23H28N4O4. The molecule has 4 rings (SSSR count). The van der Waals surface area contributed by atoms with Crippen LogP contribution < -0.4 is 10.3 Å². The fraction of sp³-hybridized carbons (Fsp3) is 0.435. The number of ether oxygens (including phenoxy) is 2. The van der Waals surface area contributed by atoms with E-state index in [0.717, 1.165) is 35.4 Å². The van der Waals surface area contributed by atoms with Crippen LogP contribution in [0.15, 0.2) is 41.3 Å². The highest BCUT2D eigenvalue weighted by atomic mass is 16.6. The van der Waals surface area contributed by atoms with E-state index >= 15 is 0 Å². The van der Waals surface area contributed by atoms with Crippen molar-refractivity contribution in [2.24, 2.45) is 0 Å². The number of amides is 1. The van der Waals surface area contributed by atoms with Crippen molar-refractivity contribution in [1.29, 1.82) is 0 Å². The minimum atomic E-state index is -0.514. The monoisotopic (exact) mass is 424 g/mol. The standard InChI is InChI=1S/C23H28N4O4/c1-23(2,3)31-22(29)26-11-9-16(10-12-26)19-13-20(28)25-21-18(14-24-27(19)21)15-5-7-17(30-4)8-6-15/h5-8,13-14,16H,9-12H2,1-4H3,(H,25,28). The van der Waals surface area contributed by atoms with Gasteiger partial charge in [-0.05, 0) is 51.3 Å². The van der Waals surface area contributed by atoms with Crippen LogP contribution in [-0.2, 0) is 4.74 Å². The van der Waals surface area contributed by atoms with E-state index in [1.54, 1.807) is 24.3 Å². The third-order valence-electron chi connectivity index (χ3n) is 5.50. The van der Waals surface area contributed by atoms with E-state index in [9.17, 15) is 9.59 Å². The lowest BCUT2D eigenvalue weighted by Crippen LogP contribution is -2.41. The van der Waals surface area contributed by atoms with Gasteiger partial charge in [0.25, 0.3) is 5.56 Å². The highest BCUT2D eigenvalue weighted by Gasteiger charge is 2.29. The van der Waals surface area contributed by atoms with Crippen molar-refractivity contribution in [3.8, 4) is 16.9 Å². The number of methoxy groups -OCH3 is 1. The number of carbonyl (C=O) groups is 1. The zero-order chi connectivity index (χ0) is 22.2. The van der Waals surface area contributed by atoms with E-state index in [2.05, 4.69) is 10.1 Å². The number of H-pyrrole nitrogens is 1. The van der Waals surface area contributed by atoms with Crippen LogP contribution in [0.5, 0.6) is 5.75 Å². The lowest BCUT2D eigenvalue weighted by Gasteiger charge is -2.33. The molecule has 2 aromatic heterocycles. The Morgan fingerprint density at radius 1 is 1.16 bits per heavy atom.